The number of carboxylic acids is 1. The number of aromatic nitrogens is 1. The van der Waals surface area contributed by atoms with Gasteiger partial charge in [-0.1, -0.05) is 42.8 Å². The number of fused-ring (bicyclic) bond motifs is 1. The molecule has 138 valence electrons. The van der Waals surface area contributed by atoms with Crippen molar-refractivity contribution < 1.29 is 9.90 Å². The van der Waals surface area contributed by atoms with Crippen LogP contribution in [0.1, 0.15) is 42.0 Å². The number of piperidine rings is 1. The lowest BCUT2D eigenvalue weighted by Crippen LogP contribution is -2.47. The first-order valence-corrected chi connectivity index (χ1v) is 9.53. The van der Waals surface area contributed by atoms with Crippen molar-refractivity contribution in [3.63, 3.8) is 0 Å². The number of pyridine rings is 1. The summed E-state index contributed by atoms with van der Waals surface area (Å²) in [7, 11) is 0. The maximum Gasteiger partial charge on any atom is 0.320 e. The van der Waals surface area contributed by atoms with Gasteiger partial charge < -0.3 is 5.11 Å². The quantitative estimate of drug-likeness (QED) is 0.740. The molecule has 4 heteroatoms. The van der Waals surface area contributed by atoms with E-state index in [9.17, 15) is 9.90 Å². The molecule has 0 saturated carbocycles. The smallest absolute Gasteiger partial charge is 0.320 e. The number of benzene rings is 2. The molecule has 1 saturated heterocycles. The van der Waals surface area contributed by atoms with Gasteiger partial charge in [-0.25, -0.2) is 0 Å². The van der Waals surface area contributed by atoms with Crippen molar-refractivity contribution in [3.8, 4) is 0 Å². The van der Waals surface area contributed by atoms with Crippen molar-refractivity contribution in [1.82, 2.24) is 9.88 Å². The number of carboxylic acid groups (broad SMARTS) is 1. The molecule has 0 radical (unpaired) electrons. The SMILES string of the molecule is Cc1ccccc1C(c1ccc2cnccc2c1)N1CCCCC1C(=O)O. The van der Waals surface area contributed by atoms with Gasteiger partial charge in [0, 0.05) is 17.8 Å². The molecular weight excluding hydrogens is 336 g/mol. The lowest BCUT2D eigenvalue weighted by Gasteiger charge is -2.40. The van der Waals surface area contributed by atoms with E-state index in [2.05, 4.69) is 47.1 Å². The van der Waals surface area contributed by atoms with E-state index in [1.165, 1.54) is 11.1 Å². The molecule has 2 heterocycles. The zero-order valence-electron chi connectivity index (χ0n) is 15.5. The number of likely N-dealkylation sites (tertiary alicyclic amines) is 1. The number of aryl methyl sites for hydroxylation is 1. The molecule has 4 rings (SSSR count). The van der Waals surface area contributed by atoms with Gasteiger partial charge in [-0.15, -0.1) is 0 Å². The molecule has 2 aromatic carbocycles. The molecule has 1 N–H and O–H groups in total. The van der Waals surface area contributed by atoms with E-state index in [1.807, 2.05) is 24.4 Å². The first-order chi connectivity index (χ1) is 13.1. The van der Waals surface area contributed by atoms with Gasteiger partial charge in [0.2, 0.25) is 0 Å². The molecule has 1 aliphatic heterocycles. The Bertz CT molecular complexity index is 969. The van der Waals surface area contributed by atoms with E-state index in [1.54, 1.807) is 6.20 Å². The number of hydrogen-bond donors (Lipinski definition) is 1. The molecular formula is C23H24N2O2. The Morgan fingerprint density at radius 3 is 2.81 bits per heavy atom. The van der Waals surface area contributed by atoms with E-state index >= 15 is 0 Å². The zero-order valence-corrected chi connectivity index (χ0v) is 15.5. The van der Waals surface area contributed by atoms with Gasteiger partial charge in [0.15, 0.2) is 0 Å². The molecule has 4 nitrogen and oxygen atoms in total. The van der Waals surface area contributed by atoms with E-state index in [4.69, 9.17) is 0 Å². The maximum atomic E-state index is 12.0. The lowest BCUT2D eigenvalue weighted by molar-refractivity contribution is -0.145. The topological polar surface area (TPSA) is 53.4 Å². The Labute approximate surface area is 159 Å². The zero-order chi connectivity index (χ0) is 18.8. The van der Waals surface area contributed by atoms with Crippen molar-refractivity contribution in [2.24, 2.45) is 0 Å². The number of aliphatic carboxylic acids is 1. The van der Waals surface area contributed by atoms with Crippen molar-refractivity contribution in [3.05, 3.63) is 77.6 Å². The predicted molar refractivity (Wildman–Crippen MR) is 107 cm³/mol. The van der Waals surface area contributed by atoms with Crippen LogP contribution in [0.4, 0.5) is 0 Å². The molecule has 1 aromatic heterocycles. The molecule has 2 unspecified atom stereocenters. The van der Waals surface area contributed by atoms with Gasteiger partial charge >= 0.3 is 5.97 Å². The van der Waals surface area contributed by atoms with Crippen molar-refractivity contribution in [2.75, 3.05) is 6.54 Å². The van der Waals surface area contributed by atoms with Crippen LogP contribution in [-0.2, 0) is 4.79 Å². The van der Waals surface area contributed by atoms with Crippen molar-refractivity contribution in [2.45, 2.75) is 38.3 Å². The van der Waals surface area contributed by atoms with Crippen LogP contribution in [0.5, 0.6) is 0 Å². The van der Waals surface area contributed by atoms with Gasteiger partial charge in [0.1, 0.15) is 6.04 Å². The fourth-order valence-corrected chi connectivity index (χ4v) is 4.24. The van der Waals surface area contributed by atoms with Crippen LogP contribution < -0.4 is 0 Å². The second kappa shape index (κ2) is 7.49. The molecule has 1 fully saturated rings. The third-order valence-corrected chi connectivity index (χ3v) is 5.62. The molecule has 0 amide bonds. The fraction of sp³-hybridized carbons (Fsp3) is 0.304. The molecule has 0 spiro atoms. The molecule has 3 aromatic rings. The van der Waals surface area contributed by atoms with Gasteiger partial charge in [-0.3, -0.25) is 14.7 Å². The van der Waals surface area contributed by atoms with Gasteiger partial charge in [-0.2, -0.15) is 0 Å². The summed E-state index contributed by atoms with van der Waals surface area (Å²) in [5.74, 6) is -0.724. The third-order valence-electron chi connectivity index (χ3n) is 5.62. The second-order valence-electron chi connectivity index (χ2n) is 7.33. The van der Waals surface area contributed by atoms with Gasteiger partial charge in [-0.05, 0) is 60.5 Å². The molecule has 0 bridgehead atoms. The Kier molecular flexibility index (Phi) is 4.90. The van der Waals surface area contributed by atoms with Gasteiger partial charge in [0.25, 0.3) is 0 Å². The number of nitrogens with zero attached hydrogens (tertiary/aromatic N) is 2. The summed E-state index contributed by atoms with van der Waals surface area (Å²) in [6, 6.07) is 16.2. The number of carbonyl (C=O) groups is 1. The summed E-state index contributed by atoms with van der Waals surface area (Å²) < 4.78 is 0. The monoisotopic (exact) mass is 360 g/mol. The lowest BCUT2D eigenvalue weighted by atomic mass is 9.89. The van der Waals surface area contributed by atoms with E-state index in [0.29, 0.717) is 6.42 Å². The standard InChI is InChI=1S/C23H24N2O2/c1-16-6-2-3-7-20(16)22(25-13-5-4-8-21(25)23(26)27)18-9-10-19-15-24-12-11-17(19)14-18/h2-3,6-7,9-12,14-15,21-22H,4-5,8,13H2,1H3,(H,26,27). The Morgan fingerprint density at radius 2 is 2.00 bits per heavy atom. The highest BCUT2D eigenvalue weighted by atomic mass is 16.4. The minimum atomic E-state index is -0.724. The Balaban J connectivity index is 1.87. The summed E-state index contributed by atoms with van der Waals surface area (Å²) in [4.78, 5) is 18.4. The summed E-state index contributed by atoms with van der Waals surface area (Å²) in [6.07, 6.45) is 6.37. The van der Waals surface area contributed by atoms with E-state index < -0.39 is 12.0 Å². The van der Waals surface area contributed by atoms with E-state index in [0.717, 1.165) is 35.7 Å². The highest BCUT2D eigenvalue weighted by molar-refractivity contribution is 5.82. The largest absolute Gasteiger partial charge is 0.480 e. The average molecular weight is 360 g/mol. The average Bonchev–Trinajstić information content (AvgIpc) is 2.70. The highest BCUT2D eigenvalue weighted by Gasteiger charge is 2.35. The third kappa shape index (κ3) is 3.45. The van der Waals surface area contributed by atoms with Crippen LogP contribution in [0.2, 0.25) is 0 Å². The summed E-state index contributed by atoms with van der Waals surface area (Å²) >= 11 is 0. The fourth-order valence-electron chi connectivity index (χ4n) is 4.24. The van der Waals surface area contributed by atoms with Crippen LogP contribution in [-0.4, -0.2) is 33.5 Å². The molecule has 27 heavy (non-hydrogen) atoms. The Morgan fingerprint density at radius 1 is 1.15 bits per heavy atom. The number of rotatable bonds is 4. The van der Waals surface area contributed by atoms with Crippen molar-refractivity contribution in [1.29, 1.82) is 0 Å². The van der Waals surface area contributed by atoms with Crippen LogP contribution in [0.3, 0.4) is 0 Å². The maximum absolute atomic E-state index is 12.0. The minimum Gasteiger partial charge on any atom is -0.480 e. The van der Waals surface area contributed by atoms with Gasteiger partial charge in [0.05, 0.1) is 6.04 Å². The predicted octanol–water partition coefficient (Wildman–Crippen LogP) is 4.57. The first-order valence-electron chi connectivity index (χ1n) is 9.53. The summed E-state index contributed by atoms with van der Waals surface area (Å²) in [6.45, 7) is 2.90. The molecule has 1 aliphatic rings. The van der Waals surface area contributed by atoms with E-state index in [-0.39, 0.29) is 6.04 Å². The minimum absolute atomic E-state index is 0.0647. The van der Waals surface area contributed by atoms with Crippen LogP contribution in [0.15, 0.2) is 60.9 Å². The normalized spacial score (nSPS) is 19.1. The van der Waals surface area contributed by atoms with Crippen LogP contribution in [0.25, 0.3) is 10.8 Å². The van der Waals surface area contributed by atoms with Crippen LogP contribution >= 0.6 is 0 Å². The highest BCUT2D eigenvalue weighted by Crippen LogP contribution is 2.36. The van der Waals surface area contributed by atoms with Crippen molar-refractivity contribution >= 4 is 16.7 Å². The van der Waals surface area contributed by atoms with Crippen LogP contribution in [0, 0.1) is 6.92 Å². The Hall–Kier alpha value is -2.72. The second-order valence-corrected chi connectivity index (χ2v) is 7.33. The summed E-state index contributed by atoms with van der Waals surface area (Å²) in [5, 5.41) is 12.1. The first kappa shape index (κ1) is 17.7. The summed E-state index contributed by atoms with van der Waals surface area (Å²) in [5.41, 5.74) is 3.50. The number of hydrogen-bond acceptors (Lipinski definition) is 3. The molecule has 0 aliphatic carbocycles. The molecule has 2 atom stereocenters.